The lowest BCUT2D eigenvalue weighted by atomic mass is 9.83. The van der Waals surface area contributed by atoms with Crippen molar-refractivity contribution >= 4 is 64.8 Å². The Morgan fingerprint density at radius 3 is 1.81 bits per heavy atom. The van der Waals surface area contributed by atoms with Crippen LogP contribution in [0.1, 0.15) is 82.4 Å². The maximum atomic E-state index is 14.0. The van der Waals surface area contributed by atoms with Crippen LogP contribution in [0, 0.1) is 0 Å². The van der Waals surface area contributed by atoms with E-state index in [0.29, 0.717) is 17.5 Å². The van der Waals surface area contributed by atoms with Gasteiger partial charge in [0.15, 0.2) is 0 Å². The molecule has 0 spiro atoms. The van der Waals surface area contributed by atoms with Gasteiger partial charge in [-0.3, -0.25) is 52.7 Å². The number of nitrogens with zero attached hydrogens (tertiary/aromatic N) is 1. The summed E-state index contributed by atoms with van der Waals surface area (Å²) in [5.41, 5.74) is 16.8. The van der Waals surface area contributed by atoms with Gasteiger partial charge in [-0.15, -0.1) is 0 Å². The molecule has 8 amide bonds. The molecule has 302 valence electrons. The molecule has 2 aliphatic rings. The largest absolute Gasteiger partial charge is 0.480 e. The molecule has 0 saturated carbocycles. The van der Waals surface area contributed by atoms with Gasteiger partial charge in [0.25, 0.3) is 5.91 Å². The molecule has 0 bridgehead atoms. The normalized spacial score (nSPS) is 15.9. The van der Waals surface area contributed by atoms with Gasteiger partial charge < -0.3 is 48.5 Å². The highest BCUT2D eigenvalue weighted by atomic mass is 16.4. The number of nitrogens with two attached hydrogens (primary N) is 3. The van der Waals surface area contributed by atoms with Crippen molar-refractivity contribution in [3.8, 4) is 11.1 Å². The van der Waals surface area contributed by atoms with E-state index in [2.05, 4.69) is 21.3 Å². The molecule has 4 rings (SSSR count). The number of hydrogen-bond donors (Lipinski definition) is 8. The molecule has 11 N–H and O–H groups in total. The Balaban J connectivity index is 1.54. The topological polar surface area (TPSA) is 337 Å². The van der Waals surface area contributed by atoms with E-state index in [4.69, 9.17) is 22.3 Å². The molecular formula is C37H42N8O12. The van der Waals surface area contributed by atoms with Crippen molar-refractivity contribution in [2.24, 2.45) is 17.2 Å². The number of benzene rings is 2. The number of carbonyl (C=O) groups is 11. The van der Waals surface area contributed by atoms with Crippen molar-refractivity contribution < 1.29 is 57.8 Å². The molecule has 1 saturated heterocycles. The number of carboxylic acids is 1. The molecule has 4 atom stereocenters. The summed E-state index contributed by atoms with van der Waals surface area (Å²) in [6.07, 6.45) is -1.63. The average Bonchev–Trinajstić information content (AvgIpc) is 3.67. The van der Waals surface area contributed by atoms with Gasteiger partial charge >= 0.3 is 5.97 Å². The number of carboxylic acid groups (broad SMARTS) is 1. The summed E-state index contributed by atoms with van der Waals surface area (Å²) < 4.78 is 0. The molecule has 20 nitrogen and oxygen atoms in total. The van der Waals surface area contributed by atoms with Gasteiger partial charge in [-0.25, -0.2) is 0 Å². The molecular weight excluding hydrogens is 748 g/mol. The quantitative estimate of drug-likeness (QED) is 0.0703. The number of likely N-dealkylation sites (tertiary alicyclic amines) is 1. The Bertz CT molecular complexity index is 2020. The van der Waals surface area contributed by atoms with E-state index in [1.165, 1.54) is 24.3 Å². The molecule has 1 aliphatic heterocycles. The van der Waals surface area contributed by atoms with Gasteiger partial charge in [0.1, 0.15) is 30.7 Å². The van der Waals surface area contributed by atoms with Crippen LogP contribution in [0.5, 0.6) is 0 Å². The van der Waals surface area contributed by atoms with Crippen molar-refractivity contribution in [3.63, 3.8) is 0 Å². The highest BCUT2D eigenvalue weighted by Crippen LogP contribution is 2.34. The second-order valence-corrected chi connectivity index (χ2v) is 13.4. The number of Topliss-reactive ketones (excluding diaryl/α,β-unsaturated/α-hetero) is 2. The molecule has 1 heterocycles. The van der Waals surface area contributed by atoms with Gasteiger partial charge in [-0.05, 0) is 61.4 Å². The molecule has 2 aromatic carbocycles. The van der Waals surface area contributed by atoms with E-state index in [1.54, 1.807) is 18.2 Å². The van der Waals surface area contributed by atoms with Crippen molar-refractivity contribution in [1.82, 2.24) is 26.2 Å². The van der Waals surface area contributed by atoms with Crippen LogP contribution in [0.15, 0.2) is 42.5 Å². The van der Waals surface area contributed by atoms with Crippen LogP contribution >= 0.6 is 0 Å². The van der Waals surface area contributed by atoms with Gasteiger partial charge in [-0.2, -0.15) is 0 Å². The van der Waals surface area contributed by atoms with E-state index in [9.17, 15) is 52.7 Å². The summed E-state index contributed by atoms with van der Waals surface area (Å²) >= 11 is 0. The van der Waals surface area contributed by atoms with Crippen LogP contribution in [0.3, 0.4) is 0 Å². The number of rotatable bonds is 19. The molecule has 20 heteroatoms. The summed E-state index contributed by atoms with van der Waals surface area (Å²) in [6.45, 7) is -0.766. The van der Waals surface area contributed by atoms with E-state index < -0.39 is 102 Å². The third kappa shape index (κ3) is 11.0. The van der Waals surface area contributed by atoms with Crippen LogP contribution in [0.4, 0.5) is 0 Å². The Hall–Kier alpha value is -6.99. The molecule has 1 fully saturated rings. The zero-order valence-electron chi connectivity index (χ0n) is 30.5. The van der Waals surface area contributed by atoms with Gasteiger partial charge in [0.05, 0.1) is 0 Å². The SMILES string of the molecule is NC(=O)CC[C@H](NC(=O)c1ccc2c(c1)-c1ccccc1C(=O)C2=O)C(=O)N[C@@H](CCC(N)=O)C(=O)N1CCC[C@H]1C(=O)N[C@@H](CCC(N)=O)C(=O)NCC(=O)O. The number of nitrogens with one attached hydrogen (secondary N) is 4. The fourth-order valence-corrected chi connectivity index (χ4v) is 6.49. The molecule has 57 heavy (non-hydrogen) atoms. The first-order valence-electron chi connectivity index (χ1n) is 17.9. The maximum absolute atomic E-state index is 14.0. The predicted molar refractivity (Wildman–Crippen MR) is 196 cm³/mol. The van der Waals surface area contributed by atoms with Crippen molar-refractivity contribution in [3.05, 3.63) is 59.2 Å². The van der Waals surface area contributed by atoms with Crippen LogP contribution < -0.4 is 38.5 Å². The van der Waals surface area contributed by atoms with Crippen molar-refractivity contribution in [2.75, 3.05) is 13.1 Å². The number of aliphatic carboxylic acids is 1. The zero-order valence-corrected chi connectivity index (χ0v) is 30.5. The molecule has 0 unspecified atom stereocenters. The number of amides is 8. The van der Waals surface area contributed by atoms with Crippen LogP contribution in [0.25, 0.3) is 11.1 Å². The highest BCUT2D eigenvalue weighted by Gasteiger charge is 2.40. The van der Waals surface area contributed by atoms with Crippen LogP contribution in [-0.2, 0) is 38.4 Å². The lowest BCUT2D eigenvalue weighted by Crippen LogP contribution is -2.58. The third-order valence-corrected chi connectivity index (χ3v) is 9.35. The first-order valence-corrected chi connectivity index (χ1v) is 17.9. The lowest BCUT2D eigenvalue weighted by Gasteiger charge is -2.30. The van der Waals surface area contributed by atoms with E-state index in [-0.39, 0.29) is 61.8 Å². The zero-order chi connectivity index (χ0) is 42.0. The van der Waals surface area contributed by atoms with Gasteiger partial charge in [0, 0.05) is 42.5 Å². The molecule has 1 aliphatic carbocycles. The summed E-state index contributed by atoms with van der Waals surface area (Å²) in [4.78, 5) is 140. The van der Waals surface area contributed by atoms with E-state index in [1.807, 2.05) is 0 Å². The van der Waals surface area contributed by atoms with Crippen LogP contribution in [-0.4, -0.2) is 112 Å². The smallest absolute Gasteiger partial charge is 0.322 e. The summed E-state index contributed by atoms with van der Waals surface area (Å²) in [7, 11) is 0. The molecule has 0 radical (unpaired) electrons. The number of fused-ring (bicyclic) bond motifs is 3. The second-order valence-electron chi connectivity index (χ2n) is 13.4. The van der Waals surface area contributed by atoms with Crippen LogP contribution in [0.2, 0.25) is 0 Å². The highest BCUT2D eigenvalue weighted by molar-refractivity contribution is 6.53. The fourth-order valence-electron chi connectivity index (χ4n) is 6.49. The minimum atomic E-state index is -1.49. The average molecular weight is 791 g/mol. The summed E-state index contributed by atoms with van der Waals surface area (Å²) in [5.74, 6) is -9.60. The second kappa shape index (κ2) is 19.0. The standard InChI is InChI=1S/C37H42N8O12/c38-27(46)12-9-23(34(54)41-17-30(49)50)43-36(56)26-6-3-15-45(26)37(57)25(11-14-29(40)48)44-35(55)24(10-13-28(39)47)42-33(53)18-7-8-21-22(16-18)19-4-1-2-5-20(19)31(51)32(21)52/h1-2,4-5,7-8,16,23-26H,3,6,9-15,17H2,(H2,38,46)(H2,39,47)(H2,40,48)(H,41,54)(H,42,53)(H,43,56)(H,44,55)(H,49,50)/t23-,24-,25-,26-/m0/s1. The van der Waals surface area contributed by atoms with Gasteiger partial charge in [-0.1, -0.05) is 24.3 Å². The third-order valence-electron chi connectivity index (χ3n) is 9.35. The van der Waals surface area contributed by atoms with Crippen molar-refractivity contribution in [2.45, 2.75) is 75.5 Å². The van der Waals surface area contributed by atoms with Gasteiger partial charge in [0.2, 0.25) is 52.9 Å². The van der Waals surface area contributed by atoms with E-state index >= 15 is 0 Å². The summed E-state index contributed by atoms with van der Waals surface area (Å²) in [5, 5.41) is 18.5. The Morgan fingerprint density at radius 2 is 1.23 bits per heavy atom. The molecule has 0 aromatic heterocycles. The number of primary amides is 3. The number of carbonyl (C=O) groups excluding carboxylic acids is 10. The Morgan fingerprint density at radius 1 is 0.684 bits per heavy atom. The predicted octanol–water partition coefficient (Wildman–Crippen LogP) is -2.21. The minimum absolute atomic E-state index is 0.00836. The Kier molecular flexibility index (Phi) is 14.3. The molecule has 2 aromatic rings. The van der Waals surface area contributed by atoms with E-state index in [0.717, 1.165) is 4.90 Å². The number of ketones is 2. The Labute approximate surface area is 324 Å². The first-order chi connectivity index (χ1) is 27.0. The fraction of sp³-hybridized carbons (Fsp3) is 0.378. The first kappa shape index (κ1) is 42.7. The minimum Gasteiger partial charge on any atom is -0.480 e. The summed E-state index contributed by atoms with van der Waals surface area (Å²) in [6, 6.07) is 4.75. The number of hydrogen-bond acceptors (Lipinski definition) is 11. The van der Waals surface area contributed by atoms with Crippen molar-refractivity contribution in [1.29, 1.82) is 0 Å². The lowest BCUT2D eigenvalue weighted by molar-refractivity contribution is -0.143. The maximum Gasteiger partial charge on any atom is 0.322 e. The monoisotopic (exact) mass is 790 g/mol.